The lowest BCUT2D eigenvalue weighted by molar-refractivity contribution is 1.05. The molecule has 11 heavy (non-hydrogen) atoms. The summed E-state index contributed by atoms with van der Waals surface area (Å²) in [5.74, 6) is 0. The van der Waals surface area contributed by atoms with Crippen molar-refractivity contribution in [3.05, 3.63) is 36.4 Å². The third-order valence-corrected chi connectivity index (χ3v) is 1.36. The van der Waals surface area contributed by atoms with Crippen LogP contribution < -0.4 is 5.43 Å². The van der Waals surface area contributed by atoms with E-state index in [0.29, 0.717) is 0 Å². The van der Waals surface area contributed by atoms with Gasteiger partial charge in [0, 0.05) is 0 Å². The van der Waals surface area contributed by atoms with Gasteiger partial charge < -0.3 is 0 Å². The topological polar surface area (TPSA) is 48.2 Å². The van der Waals surface area contributed by atoms with Crippen molar-refractivity contribution in [2.45, 2.75) is 0 Å². The van der Waals surface area contributed by atoms with E-state index in [1.54, 1.807) is 6.08 Å². The van der Waals surface area contributed by atoms with Crippen molar-refractivity contribution in [3.8, 4) is 0 Å². The quantitative estimate of drug-likeness (QED) is 0.501. The van der Waals surface area contributed by atoms with Gasteiger partial charge in [-0.1, -0.05) is 36.1 Å². The predicted molar refractivity (Wildman–Crippen MR) is 45.3 cm³/mol. The summed E-state index contributed by atoms with van der Waals surface area (Å²) in [6.45, 7) is 3.63. The van der Waals surface area contributed by atoms with Gasteiger partial charge in [0.05, 0.1) is 5.69 Å². The Hall–Kier alpha value is -1.64. The van der Waals surface area contributed by atoms with Gasteiger partial charge in [-0.25, -0.2) is 0 Å². The molecule has 0 saturated heterocycles. The lowest BCUT2D eigenvalue weighted by Crippen LogP contribution is -1.87. The lowest BCUT2D eigenvalue weighted by Gasteiger charge is -2.01. The molecular formula is C8H9N3. The van der Waals surface area contributed by atoms with E-state index in [1.165, 1.54) is 0 Å². The maximum Gasteiger partial charge on any atom is 0.0650 e. The fourth-order valence-corrected chi connectivity index (χ4v) is 0.837. The van der Waals surface area contributed by atoms with Crippen molar-refractivity contribution in [1.29, 1.82) is 5.53 Å². The Labute approximate surface area is 65.2 Å². The van der Waals surface area contributed by atoms with Gasteiger partial charge in [-0.3, -0.25) is 5.43 Å². The molecule has 0 aliphatic rings. The van der Waals surface area contributed by atoms with Crippen LogP contribution >= 0.6 is 0 Å². The molecule has 0 fully saturated rings. The summed E-state index contributed by atoms with van der Waals surface area (Å²) < 4.78 is 0. The zero-order chi connectivity index (χ0) is 8.10. The van der Waals surface area contributed by atoms with Crippen LogP contribution in [0.5, 0.6) is 0 Å². The first-order chi connectivity index (χ1) is 5.38. The molecule has 1 rings (SSSR count). The zero-order valence-electron chi connectivity index (χ0n) is 6.04. The Kier molecular flexibility index (Phi) is 2.38. The molecule has 56 valence electrons. The highest BCUT2D eigenvalue weighted by Gasteiger charge is 1.93. The van der Waals surface area contributed by atoms with Gasteiger partial charge >= 0.3 is 0 Å². The molecule has 0 amide bonds. The fraction of sp³-hybridized carbons (Fsp3) is 0. The monoisotopic (exact) mass is 147 g/mol. The van der Waals surface area contributed by atoms with Gasteiger partial charge in [0.2, 0.25) is 0 Å². The average Bonchev–Trinajstić information content (AvgIpc) is 2.06. The first-order valence-corrected chi connectivity index (χ1v) is 3.22. The van der Waals surface area contributed by atoms with Crippen LogP contribution in [-0.2, 0) is 0 Å². The van der Waals surface area contributed by atoms with Crippen LogP contribution in [0.15, 0.2) is 36.1 Å². The number of hydrogen-bond donors (Lipinski definition) is 2. The molecule has 0 heterocycles. The summed E-state index contributed by atoms with van der Waals surface area (Å²) in [5, 5.41) is 3.07. The van der Waals surface area contributed by atoms with Crippen molar-refractivity contribution in [2.75, 3.05) is 5.43 Å². The van der Waals surface area contributed by atoms with Gasteiger partial charge in [-0.15, -0.1) is 0 Å². The number of anilines is 1. The van der Waals surface area contributed by atoms with Crippen LogP contribution in [0.25, 0.3) is 6.08 Å². The molecule has 3 heteroatoms. The molecular weight excluding hydrogens is 138 g/mol. The van der Waals surface area contributed by atoms with E-state index >= 15 is 0 Å². The minimum Gasteiger partial charge on any atom is -0.260 e. The van der Waals surface area contributed by atoms with Crippen molar-refractivity contribution in [1.82, 2.24) is 0 Å². The van der Waals surface area contributed by atoms with Crippen molar-refractivity contribution in [2.24, 2.45) is 5.22 Å². The smallest absolute Gasteiger partial charge is 0.0650 e. The second-order valence-corrected chi connectivity index (χ2v) is 2.01. The molecule has 0 bridgehead atoms. The number of rotatable bonds is 3. The van der Waals surface area contributed by atoms with Crippen molar-refractivity contribution >= 4 is 11.8 Å². The Morgan fingerprint density at radius 3 is 2.82 bits per heavy atom. The fourth-order valence-electron chi connectivity index (χ4n) is 0.837. The largest absolute Gasteiger partial charge is 0.260 e. The highest BCUT2D eigenvalue weighted by molar-refractivity contribution is 5.64. The summed E-state index contributed by atoms with van der Waals surface area (Å²) in [6.07, 6.45) is 1.72. The van der Waals surface area contributed by atoms with Crippen LogP contribution in [0, 0.1) is 5.53 Å². The van der Waals surface area contributed by atoms with Crippen molar-refractivity contribution < 1.29 is 0 Å². The summed E-state index contributed by atoms with van der Waals surface area (Å²) in [5.41, 5.74) is 10.9. The second-order valence-electron chi connectivity index (χ2n) is 2.01. The molecule has 1 aromatic rings. The molecule has 0 unspecified atom stereocenters. The van der Waals surface area contributed by atoms with E-state index in [4.69, 9.17) is 5.53 Å². The molecule has 0 aromatic heterocycles. The number of nitrogens with zero attached hydrogens (tertiary/aromatic N) is 1. The van der Waals surface area contributed by atoms with Gasteiger partial charge in [0.1, 0.15) is 0 Å². The van der Waals surface area contributed by atoms with Crippen LogP contribution in [0.1, 0.15) is 5.56 Å². The zero-order valence-corrected chi connectivity index (χ0v) is 6.04. The van der Waals surface area contributed by atoms with Crippen LogP contribution in [0.4, 0.5) is 5.69 Å². The molecule has 0 atom stereocenters. The second kappa shape index (κ2) is 3.51. The molecule has 0 aliphatic carbocycles. The van der Waals surface area contributed by atoms with Crippen LogP contribution in [0.2, 0.25) is 0 Å². The number of para-hydroxylation sites is 1. The molecule has 2 N–H and O–H groups in total. The normalized spacial score (nSPS) is 8.73. The molecule has 1 aromatic carbocycles. The first kappa shape index (κ1) is 7.47. The summed E-state index contributed by atoms with van der Waals surface area (Å²) >= 11 is 0. The standard InChI is InChI=1S/C8H9N3/c1-2-7-5-3-4-6-8(7)10-11-9/h2-6H,1H2,(H2,9,10). The van der Waals surface area contributed by atoms with E-state index in [2.05, 4.69) is 17.2 Å². The highest BCUT2D eigenvalue weighted by Crippen LogP contribution is 2.15. The van der Waals surface area contributed by atoms with Gasteiger partial charge in [0.15, 0.2) is 0 Å². The maximum atomic E-state index is 6.59. The lowest BCUT2D eigenvalue weighted by atomic mass is 10.2. The summed E-state index contributed by atoms with van der Waals surface area (Å²) in [7, 11) is 0. The Morgan fingerprint density at radius 2 is 2.18 bits per heavy atom. The van der Waals surface area contributed by atoms with Gasteiger partial charge in [0.25, 0.3) is 0 Å². The Bertz CT molecular complexity index is 268. The Morgan fingerprint density at radius 1 is 1.45 bits per heavy atom. The minimum atomic E-state index is 0.803. The molecule has 0 radical (unpaired) electrons. The Balaban J connectivity index is 3.01. The predicted octanol–water partition coefficient (Wildman–Crippen LogP) is 2.69. The summed E-state index contributed by atoms with van der Waals surface area (Å²) in [4.78, 5) is 0. The average molecular weight is 147 g/mol. The third-order valence-electron chi connectivity index (χ3n) is 1.36. The van der Waals surface area contributed by atoms with Crippen LogP contribution in [0.3, 0.4) is 0 Å². The number of nitrogens with one attached hydrogen (secondary N) is 2. The van der Waals surface area contributed by atoms with E-state index in [1.807, 2.05) is 24.3 Å². The summed E-state index contributed by atoms with van der Waals surface area (Å²) in [6, 6.07) is 7.53. The molecule has 0 aliphatic heterocycles. The highest BCUT2D eigenvalue weighted by atomic mass is 15.4. The van der Waals surface area contributed by atoms with Crippen LogP contribution in [-0.4, -0.2) is 0 Å². The van der Waals surface area contributed by atoms with E-state index in [-0.39, 0.29) is 0 Å². The number of hydrogen-bond acceptors (Lipinski definition) is 2. The first-order valence-electron chi connectivity index (χ1n) is 3.22. The molecule has 0 saturated carbocycles. The van der Waals surface area contributed by atoms with E-state index < -0.39 is 0 Å². The maximum absolute atomic E-state index is 6.59. The minimum absolute atomic E-state index is 0.803. The number of benzene rings is 1. The van der Waals surface area contributed by atoms with Crippen molar-refractivity contribution in [3.63, 3.8) is 0 Å². The molecule has 3 nitrogen and oxygen atoms in total. The molecule has 0 spiro atoms. The van der Waals surface area contributed by atoms with Gasteiger partial charge in [-0.05, 0) is 11.6 Å². The SMILES string of the molecule is C=Cc1ccccc1NN=N. The van der Waals surface area contributed by atoms with Gasteiger partial charge in [-0.2, -0.15) is 5.53 Å². The van der Waals surface area contributed by atoms with E-state index in [0.717, 1.165) is 11.3 Å². The third kappa shape index (κ3) is 1.64. The van der Waals surface area contributed by atoms with E-state index in [9.17, 15) is 0 Å².